The van der Waals surface area contributed by atoms with Gasteiger partial charge in [-0.1, -0.05) is 11.6 Å². The van der Waals surface area contributed by atoms with Gasteiger partial charge in [0, 0.05) is 6.04 Å². The molecule has 10 heteroatoms. The van der Waals surface area contributed by atoms with Crippen molar-refractivity contribution in [1.82, 2.24) is 4.72 Å². The molecule has 1 aliphatic rings. The van der Waals surface area contributed by atoms with Crippen LogP contribution in [-0.2, 0) is 24.6 Å². The van der Waals surface area contributed by atoms with E-state index in [0.717, 1.165) is 0 Å². The van der Waals surface area contributed by atoms with Crippen molar-refractivity contribution in [2.24, 2.45) is 0 Å². The van der Waals surface area contributed by atoms with Crippen molar-refractivity contribution in [3.05, 3.63) is 28.8 Å². The average Bonchev–Trinajstić information content (AvgIpc) is 2.75. The van der Waals surface area contributed by atoms with E-state index in [1.54, 1.807) is 0 Å². The Kier molecular flexibility index (Phi) is 4.81. The Morgan fingerprint density at radius 1 is 1.41 bits per heavy atom. The third kappa shape index (κ3) is 3.78. The van der Waals surface area contributed by atoms with Crippen LogP contribution in [0.4, 0.5) is 0 Å². The first-order chi connectivity index (χ1) is 10.1. The van der Waals surface area contributed by atoms with Crippen LogP contribution in [-0.4, -0.2) is 47.5 Å². The summed E-state index contributed by atoms with van der Waals surface area (Å²) in [6.45, 7) is 0. The highest BCUT2D eigenvalue weighted by Gasteiger charge is 2.32. The molecule has 0 amide bonds. The highest BCUT2D eigenvalue weighted by molar-refractivity contribution is 7.92. The topological polar surface area (TPSA) is 107 Å². The van der Waals surface area contributed by atoms with Crippen LogP contribution in [0.5, 0.6) is 0 Å². The number of halogens is 1. The van der Waals surface area contributed by atoms with Gasteiger partial charge >= 0.3 is 5.97 Å². The van der Waals surface area contributed by atoms with E-state index in [4.69, 9.17) is 11.6 Å². The van der Waals surface area contributed by atoms with Crippen molar-refractivity contribution in [2.75, 3.05) is 18.6 Å². The Balaban J connectivity index is 2.25. The number of hydrogen-bond donors (Lipinski definition) is 1. The zero-order chi connectivity index (χ0) is 16.5. The van der Waals surface area contributed by atoms with Gasteiger partial charge in [-0.05, 0) is 24.6 Å². The molecule has 7 nitrogen and oxygen atoms in total. The molecule has 122 valence electrons. The van der Waals surface area contributed by atoms with Crippen LogP contribution in [0.3, 0.4) is 0 Å². The summed E-state index contributed by atoms with van der Waals surface area (Å²) in [5.41, 5.74) is 0.120. The van der Waals surface area contributed by atoms with Crippen molar-refractivity contribution in [3.63, 3.8) is 0 Å². The third-order valence-electron chi connectivity index (χ3n) is 3.20. The van der Waals surface area contributed by atoms with Gasteiger partial charge in [0.1, 0.15) is 4.90 Å². The number of nitrogens with one attached hydrogen (secondary N) is 1. The van der Waals surface area contributed by atoms with Gasteiger partial charge < -0.3 is 4.74 Å². The second-order valence-electron chi connectivity index (χ2n) is 4.86. The number of carbonyl (C=O) groups is 1. The van der Waals surface area contributed by atoms with Crippen molar-refractivity contribution < 1.29 is 26.4 Å². The van der Waals surface area contributed by atoms with Gasteiger partial charge in [-0.2, -0.15) is 0 Å². The van der Waals surface area contributed by atoms with Crippen molar-refractivity contribution in [3.8, 4) is 0 Å². The van der Waals surface area contributed by atoms with Crippen molar-refractivity contribution in [1.29, 1.82) is 0 Å². The Labute approximate surface area is 133 Å². The molecule has 0 bridgehead atoms. The monoisotopic (exact) mass is 367 g/mol. The first-order valence-corrected chi connectivity index (χ1v) is 9.93. The largest absolute Gasteiger partial charge is 0.465 e. The summed E-state index contributed by atoms with van der Waals surface area (Å²) in [7, 11) is -5.98. The van der Waals surface area contributed by atoms with Gasteiger partial charge in [0.25, 0.3) is 0 Å². The molecule has 0 saturated carbocycles. The summed E-state index contributed by atoms with van der Waals surface area (Å²) >= 11 is 5.91. The van der Waals surface area contributed by atoms with Gasteiger partial charge in [0.15, 0.2) is 9.84 Å². The Bertz CT molecular complexity index is 803. The van der Waals surface area contributed by atoms with Crippen LogP contribution >= 0.6 is 11.6 Å². The lowest BCUT2D eigenvalue weighted by Gasteiger charge is -2.13. The smallest absolute Gasteiger partial charge is 0.337 e. The molecule has 1 fully saturated rings. The molecule has 2 rings (SSSR count). The van der Waals surface area contributed by atoms with E-state index >= 15 is 0 Å². The zero-order valence-corrected chi connectivity index (χ0v) is 14.0. The normalized spacial score (nSPS) is 20.7. The summed E-state index contributed by atoms with van der Waals surface area (Å²) in [4.78, 5) is 11.1. The third-order valence-corrected chi connectivity index (χ3v) is 6.97. The van der Waals surface area contributed by atoms with Crippen LogP contribution < -0.4 is 4.72 Å². The van der Waals surface area contributed by atoms with E-state index < -0.39 is 31.9 Å². The fourth-order valence-electron chi connectivity index (χ4n) is 2.13. The molecule has 1 N–H and O–H groups in total. The maximum Gasteiger partial charge on any atom is 0.337 e. The van der Waals surface area contributed by atoms with E-state index in [2.05, 4.69) is 9.46 Å². The molecule has 0 radical (unpaired) electrons. The molecule has 1 heterocycles. The SMILES string of the molecule is COC(=O)c1ccc(S(=O)(=O)NC2CCS(=O)(=O)C2)c(Cl)c1. The van der Waals surface area contributed by atoms with Crippen LogP contribution in [0, 0.1) is 0 Å². The summed E-state index contributed by atoms with van der Waals surface area (Å²) in [6.07, 6.45) is 0.222. The lowest BCUT2D eigenvalue weighted by Crippen LogP contribution is -2.35. The number of sulfonamides is 1. The maximum absolute atomic E-state index is 12.3. The van der Waals surface area contributed by atoms with E-state index in [-0.39, 0.29) is 33.4 Å². The predicted octanol–water partition coefficient (Wildman–Crippen LogP) is 0.592. The summed E-state index contributed by atoms with van der Waals surface area (Å²) < 4.78 is 54.1. The molecule has 0 spiro atoms. The highest BCUT2D eigenvalue weighted by Crippen LogP contribution is 2.24. The molecule has 1 aromatic rings. The lowest BCUT2D eigenvalue weighted by molar-refractivity contribution is 0.0600. The van der Waals surface area contributed by atoms with E-state index in [0.29, 0.717) is 0 Å². The van der Waals surface area contributed by atoms with E-state index in [1.807, 2.05) is 0 Å². The standard InChI is InChI=1S/C12H14ClNO6S2/c1-20-12(15)8-2-3-11(10(13)6-8)22(18,19)14-9-4-5-21(16,17)7-9/h2-3,6,9,14H,4-5,7H2,1H3. The molecule has 0 aliphatic carbocycles. The fourth-order valence-corrected chi connectivity index (χ4v) is 5.73. The molecule has 1 atom stereocenters. The molecule has 1 saturated heterocycles. The predicted molar refractivity (Wildman–Crippen MR) is 80.2 cm³/mol. The minimum absolute atomic E-state index is 0.0464. The second kappa shape index (κ2) is 6.15. The summed E-state index contributed by atoms with van der Waals surface area (Å²) in [6, 6.07) is 2.97. The number of benzene rings is 1. The lowest BCUT2D eigenvalue weighted by atomic mass is 10.2. The van der Waals surface area contributed by atoms with Gasteiger partial charge in [-0.3, -0.25) is 0 Å². The minimum Gasteiger partial charge on any atom is -0.465 e. The molecule has 1 aromatic carbocycles. The molecular formula is C12H14ClNO6S2. The number of ether oxygens (including phenoxy) is 1. The van der Waals surface area contributed by atoms with E-state index in [1.165, 1.54) is 25.3 Å². The first kappa shape index (κ1) is 17.2. The van der Waals surface area contributed by atoms with Crippen LogP contribution in [0.2, 0.25) is 5.02 Å². The molecule has 1 aliphatic heterocycles. The number of methoxy groups -OCH3 is 1. The molecule has 22 heavy (non-hydrogen) atoms. The zero-order valence-electron chi connectivity index (χ0n) is 11.6. The molecule has 1 unspecified atom stereocenters. The Morgan fingerprint density at radius 3 is 2.59 bits per heavy atom. The molecule has 0 aromatic heterocycles. The highest BCUT2D eigenvalue weighted by atomic mass is 35.5. The van der Waals surface area contributed by atoms with Crippen LogP contribution in [0.25, 0.3) is 0 Å². The van der Waals surface area contributed by atoms with Crippen LogP contribution in [0.15, 0.2) is 23.1 Å². The molecular weight excluding hydrogens is 354 g/mol. The van der Waals surface area contributed by atoms with Gasteiger partial charge in [0.05, 0.1) is 29.2 Å². The quantitative estimate of drug-likeness (QED) is 0.780. The summed E-state index contributed by atoms with van der Waals surface area (Å²) in [5.74, 6) is -0.917. The summed E-state index contributed by atoms with van der Waals surface area (Å²) in [5, 5.41) is -0.142. The Hall–Kier alpha value is -1.16. The fraction of sp³-hybridized carbons (Fsp3) is 0.417. The van der Waals surface area contributed by atoms with Crippen molar-refractivity contribution in [2.45, 2.75) is 17.4 Å². The minimum atomic E-state index is -3.97. The van der Waals surface area contributed by atoms with Crippen molar-refractivity contribution >= 4 is 37.4 Å². The second-order valence-corrected chi connectivity index (χ2v) is 9.18. The first-order valence-electron chi connectivity index (χ1n) is 6.25. The number of rotatable bonds is 4. The van der Waals surface area contributed by atoms with Gasteiger partial charge in [-0.15, -0.1) is 0 Å². The van der Waals surface area contributed by atoms with Gasteiger partial charge in [-0.25, -0.2) is 26.4 Å². The maximum atomic E-state index is 12.3. The number of carbonyl (C=O) groups excluding carboxylic acids is 1. The number of esters is 1. The number of sulfone groups is 1. The number of hydrogen-bond acceptors (Lipinski definition) is 6. The van der Waals surface area contributed by atoms with Crippen LogP contribution in [0.1, 0.15) is 16.8 Å². The average molecular weight is 368 g/mol. The Morgan fingerprint density at radius 2 is 2.09 bits per heavy atom. The van der Waals surface area contributed by atoms with Gasteiger partial charge in [0.2, 0.25) is 10.0 Å². The van der Waals surface area contributed by atoms with E-state index in [9.17, 15) is 21.6 Å².